The summed E-state index contributed by atoms with van der Waals surface area (Å²) in [5, 5.41) is 3.81. The third kappa shape index (κ3) is 4.03. The highest BCUT2D eigenvalue weighted by molar-refractivity contribution is 6.08. The number of para-hydroxylation sites is 1. The highest BCUT2D eigenvalue weighted by Crippen LogP contribution is 2.49. The van der Waals surface area contributed by atoms with Crippen LogP contribution in [0.1, 0.15) is 39.9 Å². The molecule has 0 N–H and O–H groups in total. The molecule has 8 heteroatoms. The fourth-order valence-electron chi connectivity index (χ4n) is 4.64. The zero-order valence-electron chi connectivity index (χ0n) is 19.0. The van der Waals surface area contributed by atoms with E-state index in [-0.39, 0.29) is 17.2 Å². The van der Waals surface area contributed by atoms with Crippen LogP contribution in [0.15, 0.2) is 78.0 Å². The molecule has 2 heterocycles. The van der Waals surface area contributed by atoms with E-state index in [0.717, 1.165) is 24.1 Å². The number of nitrogens with zero attached hydrogens (tertiary/aromatic N) is 2. The average Bonchev–Trinajstić information content (AvgIpc) is 3.35. The minimum absolute atomic E-state index is 0.0846. The topological polar surface area (TPSA) is 51.1 Å². The van der Waals surface area contributed by atoms with Gasteiger partial charge in [-0.2, -0.15) is 13.2 Å². The first kappa shape index (κ1) is 23.0. The van der Waals surface area contributed by atoms with Crippen LogP contribution in [-0.4, -0.2) is 31.4 Å². The van der Waals surface area contributed by atoms with E-state index in [2.05, 4.69) is 5.16 Å². The van der Waals surface area contributed by atoms with Crippen LogP contribution in [0, 0.1) is 0 Å². The number of hydrogen-bond acceptors (Lipinski definition) is 4. The van der Waals surface area contributed by atoms with E-state index in [1.54, 1.807) is 35.2 Å². The lowest BCUT2D eigenvalue weighted by molar-refractivity contribution is -0.275. The second-order valence-corrected chi connectivity index (χ2v) is 8.63. The van der Waals surface area contributed by atoms with Crippen LogP contribution in [0.25, 0.3) is 0 Å². The van der Waals surface area contributed by atoms with Gasteiger partial charge in [-0.25, -0.2) is 0 Å². The molecule has 0 bridgehead atoms. The van der Waals surface area contributed by atoms with Crippen LogP contribution in [0.2, 0.25) is 0 Å². The van der Waals surface area contributed by atoms with Gasteiger partial charge in [0.2, 0.25) is 0 Å². The third-order valence-corrected chi connectivity index (χ3v) is 6.54. The molecule has 180 valence electrons. The lowest BCUT2D eigenvalue weighted by Gasteiger charge is -2.29. The molecule has 3 aromatic carbocycles. The summed E-state index contributed by atoms with van der Waals surface area (Å²) in [5.41, 5.74) is 0.417. The van der Waals surface area contributed by atoms with Gasteiger partial charge in [0.15, 0.2) is 0 Å². The number of oxime groups is 1. The number of methoxy groups -OCH3 is 1. The minimum atomic E-state index is -4.71. The molecule has 0 saturated heterocycles. The van der Waals surface area contributed by atoms with Crippen LogP contribution in [0.3, 0.4) is 0 Å². The van der Waals surface area contributed by atoms with E-state index in [1.165, 1.54) is 25.3 Å². The Labute approximate surface area is 200 Å². The van der Waals surface area contributed by atoms with Crippen molar-refractivity contribution in [1.29, 1.82) is 0 Å². The standard InChI is InChI=1S/C27H23F3N2O3/c1-34-22-9-4-8-21(16-22)26(27(28,29)30)17-23(31-35-26)18-11-13-20(14-12-18)25(33)32-15-5-7-19-6-2-3-10-24(19)32/h2-4,6,8-14,16H,5,7,15,17H2,1H3. The maximum atomic E-state index is 14.2. The number of hydrogen-bond donors (Lipinski definition) is 0. The van der Waals surface area contributed by atoms with Gasteiger partial charge in [-0.1, -0.05) is 47.6 Å². The highest BCUT2D eigenvalue weighted by atomic mass is 19.4. The minimum Gasteiger partial charge on any atom is -0.497 e. The molecule has 1 atom stereocenters. The Morgan fingerprint density at radius 1 is 1.06 bits per heavy atom. The molecule has 0 aliphatic carbocycles. The van der Waals surface area contributed by atoms with Crippen LogP contribution in [-0.2, 0) is 16.9 Å². The van der Waals surface area contributed by atoms with Crippen LogP contribution >= 0.6 is 0 Å². The van der Waals surface area contributed by atoms with Crippen LogP contribution in [0.4, 0.5) is 18.9 Å². The predicted octanol–water partition coefficient (Wildman–Crippen LogP) is 5.87. The van der Waals surface area contributed by atoms with Crippen molar-refractivity contribution >= 4 is 17.3 Å². The molecule has 0 saturated carbocycles. The van der Waals surface area contributed by atoms with E-state index < -0.39 is 18.2 Å². The maximum absolute atomic E-state index is 14.2. The van der Waals surface area contributed by atoms with Crippen molar-refractivity contribution < 1.29 is 27.5 Å². The molecular formula is C27H23F3N2O3. The number of ether oxygens (including phenoxy) is 1. The van der Waals surface area contributed by atoms with Gasteiger partial charge in [0.25, 0.3) is 11.5 Å². The quantitative estimate of drug-likeness (QED) is 0.469. The van der Waals surface area contributed by atoms with E-state index in [4.69, 9.17) is 9.57 Å². The van der Waals surface area contributed by atoms with Crippen LogP contribution < -0.4 is 9.64 Å². The Kier molecular flexibility index (Phi) is 5.75. The first-order valence-electron chi connectivity index (χ1n) is 11.3. The molecule has 0 radical (unpaired) electrons. The van der Waals surface area contributed by atoms with Gasteiger partial charge in [0.1, 0.15) is 5.75 Å². The highest BCUT2D eigenvalue weighted by Gasteiger charge is 2.62. The van der Waals surface area contributed by atoms with Crippen molar-refractivity contribution in [2.24, 2.45) is 5.16 Å². The zero-order chi connectivity index (χ0) is 24.6. The Hall–Kier alpha value is -3.81. The molecule has 1 amide bonds. The van der Waals surface area contributed by atoms with Gasteiger partial charge >= 0.3 is 6.18 Å². The summed E-state index contributed by atoms with van der Waals surface area (Å²) < 4.78 is 47.8. The van der Waals surface area contributed by atoms with Gasteiger partial charge in [-0.05, 0) is 54.3 Å². The SMILES string of the molecule is COc1cccc(C2(C(F)(F)F)CC(c3ccc(C(=O)N4CCCc5ccccc54)cc3)=NO2)c1. The van der Waals surface area contributed by atoms with Crippen molar-refractivity contribution in [2.75, 3.05) is 18.6 Å². The average molecular weight is 480 g/mol. The Morgan fingerprint density at radius 2 is 1.83 bits per heavy atom. The number of anilines is 1. The number of alkyl halides is 3. The Bertz CT molecular complexity index is 1290. The number of halogens is 3. The van der Waals surface area contributed by atoms with Gasteiger partial charge in [-0.3, -0.25) is 4.79 Å². The van der Waals surface area contributed by atoms with Crippen molar-refractivity contribution in [2.45, 2.75) is 31.0 Å². The summed E-state index contributed by atoms with van der Waals surface area (Å²) in [6.45, 7) is 0.618. The van der Waals surface area contributed by atoms with Gasteiger partial charge in [-0.15, -0.1) is 0 Å². The smallest absolute Gasteiger partial charge is 0.435 e. The van der Waals surface area contributed by atoms with E-state index in [9.17, 15) is 18.0 Å². The summed E-state index contributed by atoms with van der Waals surface area (Å²) >= 11 is 0. The fourth-order valence-corrected chi connectivity index (χ4v) is 4.64. The molecule has 0 aromatic heterocycles. The van der Waals surface area contributed by atoms with Gasteiger partial charge in [0, 0.05) is 29.8 Å². The summed E-state index contributed by atoms with van der Waals surface area (Å²) in [6.07, 6.45) is -3.40. The number of amides is 1. The second-order valence-electron chi connectivity index (χ2n) is 8.63. The molecule has 3 aromatic rings. The lowest BCUT2D eigenvalue weighted by atomic mass is 9.86. The molecule has 35 heavy (non-hydrogen) atoms. The number of aryl methyl sites for hydroxylation is 1. The predicted molar refractivity (Wildman–Crippen MR) is 126 cm³/mol. The zero-order valence-corrected chi connectivity index (χ0v) is 19.0. The monoisotopic (exact) mass is 480 g/mol. The summed E-state index contributed by atoms with van der Waals surface area (Å²) in [7, 11) is 1.39. The number of rotatable bonds is 4. The van der Waals surface area contributed by atoms with E-state index >= 15 is 0 Å². The largest absolute Gasteiger partial charge is 0.497 e. The molecule has 2 aliphatic rings. The lowest BCUT2D eigenvalue weighted by Crippen LogP contribution is -2.42. The first-order valence-corrected chi connectivity index (χ1v) is 11.3. The molecule has 2 aliphatic heterocycles. The summed E-state index contributed by atoms with van der Waals surface area (Å²) in [5.74, 6) is 0.152. The summed E-state index contributed by atoms with van der Waals surface area (Å²) in [4.78, 5) is 20.0. The van der Waals surface area contributed by atoms with E-state index in [1.807, 2.05) is 24.3 Å². The van der Waals surface area contributed by atoms with Crippen LogP contribution in [0.5, 0.6) is 5.75 Å². The molecule has 5 nitrogen and oxygen atoms in total. The summed E-state index contributed by atoms with van der Waals surface area (Å²) in [6, 6.07) is 20.0. The third-order valence-electron chi connectivity index (χ3n) is 6.54. The molecule has 1 unspecified atom stereocenters. The number of fused-ring (bicyclic) bond motifs is 1. The maximum Gasteiger partial charge on any atom is 0.435 e. The van der Waals surface area contributed by atoms with Gasteiger partial charge in [0.05, 0.1) is 12.8 Å². The van der Waals surface area contributed by atoms with Crippen molar-refractivity contribution in [3.63, 3.8) is 0 Å². The van der Waals surface area contributed by atoms with Gasteiger partial charge < -0.3 is 14.5 Å². The normalized spacial score (nSPS) is 19.5. The fraction of sp³-hybridized carbons (Fsp3) is 0.259. The Balaban J connectivity index is 1.39. The van der Waals surface area contributed by atoms with Crippen molar-refractivity contribution in [3.05, 3.63) is 95.1 Å². The molecular weight excluding hydrogens is 457 g/mol. The number of benzene rings is 3. The number of carbonyl (C=O) groups is 1. The van der Waals surface area contributed by atoms with Crippen molar-refractivity contribution in [3.8, 4) is 5.75 Å². The van der Waals surface area contributed by atoms with Crippen molar-refractivity contribution in [1.82, 2.24) is 0 Å². The first-order chi connectivity index (χ1) is 16.8. The number of carbonyl (C=O) groups excluding carboxylic acids is 1. The van der Waals surface area contributed by atoms with E-state index in [0.29, 0.717) is 23.4 Å². The molecule has 0 fully saturated rings. The molecule has 0 spiro atoms. The second kappa shape index (κ2) is 8.76. The molecule has 5 rings (SSSR count). The Morgan fingerprint density at radius 3 is 2.57 bits per heavy atom.